The molecule has 4 heteroatoms. The van der Waals surface area contributed by atoms with Gasteiger partial charge in [0.2, 0.25) is 6.41 Å². The number of rotatable bonds is 2. The number of hydrogen-bond donors (Lipinski definition) is 1. The average Bonchev–Trinajstić information content (AvgIpc) is 2.65. The van der Waals surface area contributed by atoms with E-state index in [1.54, 1.807) is 12.0 Å². The third kappa shape index (κ3) is 7.33. The van der Waals surface area contributed by atoms with E-state index in [9.17, 15) is 4.79 Å². The summed E-state index contributed by atoms with van der Waals surface area (Å²) >= 11 is 0. The second-order valence-corrected chi connectivity index (χ2v) is 4.81. The van der Waals surface area contributed by atoms with E-state index in [2.05, 4.69) is 0 Å². The second-order valence-electron chi connectivity index (χ2n) is 4.81. The predicted molar refractivity (Wildman–Crippen MR) is 61.6 cm³/mol. The number of ether oxygens (including phenoxy) is 1. The highest BCUT2D eigenvalue weighted by atomic mass is 16.5. The van der Waals surface area contributed by atoms with Gasteiger partial charge in [-0.1, -0.05) is 0 Å². The zero-order chi connectivity index (χ0) is 11.9. The van der Waals surface area contributed by atoms with Crippen LogP contribution in [0.2, 0.25) is 0 Å². The minimum atomic E-state index is 0.0417. The molecular weight excluding hydrogens is 192 g/mol. The van der Waals surface area contributed by atoms with Crippen LogP contribution in [-0.4, -0.2) is 43.7 Å². The van der Waals surface area contributed by atoms with E-state index in [1.807, 2.05) is 20.8 Å². The summed E-state index contributed by atoms with van der Waals surface area (Å²) in [5.41, 5.74) is 5.45. The lowest BCUT2D eigenvalue weighted by atomic mass is 10.1. The third-order valence-electron chi connectivity index (χ3n) is 2.41. The van der Waals surface area contributed by atoms with Crippen LogP contribution in [0, 0.1) is 5.92 Å². The molecule has 0 aromatic rings. The fourth-order valence-corrected chi connectivity index (χ4v) is 1.15. The van der Waals surface area contributed by atoms with Crippen molar-refractivity contribution in [2.45, 2.75) is 32.8 Å². The number of likely N-dealkylation sites (tertiary alicyclic amines) is 1. The maximum absolute atomic E-state index is 10.2. The first kappa shape index (κ1) is 14.4. The van der Waals surface area contributed by atoms with Gasteiger partial charge in [0.05, 0.1) is 5.60 Å². The van der Waals surface area contributed by atoms with Gasteiger partial charge in [-0.2, -0.15) is 0 Å². The molecule has 1 fully saturated rings. The van der Waals surface area contributed by atoms with Crippen molar-refractivity contribution in [2.24, 2.45) is 11.7 Å². The van der Waals surface area contributed by atoms with E-state index >= 15 is 0 Å². The van der Waals surface area contributed by atoms with E-state index in [0.717, 1.165) is 25.9 Å². The van der Waals surface area contributed by atoms with Crippen molar-refractivity contribution in [2.75, 3.05) is 26.7 Å². The Morgan fingerprint density at radius 1 is 1.53 bits per heavy atom. The van der Waals surface area contributed by atoms with Crippen molar-refractivity contribution in [3.63, 3.8) is 0 Å². The number of carbonyl (C=O) groups is 1. The van der Waals surface area contributed by atoms with Crippen molar-refractivity contribution < 1.29 is 9.53 Å². The molecule has 0 aromatic carbocycles. The zero-order valence-corrected chi connectivity index (χ0v) is 10.3. The predicted octanol–water partition coefficient (Wildman–Crippen LogP) is 0.855. The summed E-state index contributed by atoms with van der Waals surface area (Å²) in [7, 11) is 1.71. The molecule has 0 aromatic heterocycles. The molecule has 0 radical (unpaired) electrons. The second kappa shape index (κ2) is 6.80. The summed E-state index contributed by atoms with van der Waals surface area (Å²) in [6.07, 6.45) is 1.98. The topological polar surface area (TPSA) is 55.6 Å². The molecule has 15 heavy (non-hydrogen) atoms. The molecule has 1 heterocycles. The first-order valence-electron chi connectivity index (χ1n) is 5.37. The summed E-state index contributed by atoms with van der Waals surface area (Å²) < 4.78 is 4.94. The quantitative estimate of drug-likeness (QED) is 0.696. The largest absolute Gasteiger partial charge is 0.379 e. The normalized spacial score (nSPS) is 20.9. The van der Waals surface area contributed by atoms with Crippen LogP contribution in [-0.2, 0) is 9.53 Å². The van der Waals surface area contributed by atoms with Gasteiger partial charge in [-0.05, 0) is 39.7 Å². The summed E-state index contributed by atoms with van der Waals surface area (Å²) in [6, 6.07) is 0. The molecule has 0 bridgehead atoms. The molecule has 90 valence electrons. The van der Waals surface area contributed by atoms with Gasteiger partial charge in [0.1, 0.15) is 0 Å². The fraction of sp³-hybridized carbons (Fsp3) is 0.909. The molecule has 1 saturated heterocycles. The Hall–Kier alpha value is -0.610. The van der Waals surface area contributed by atoms with Crippen LogP contribution in [0.4, 0.5) is 0 Å². The molecule has 0 spiro atoms. The van der Waals surface area contributed by atoms with Crippen LogP contribution in [0.3, 0.4) is 0 Å². The maximum atomic E-state index is 10.2. The first-order chi connectivity index (χ1) is 6.92. The van der Waals surface area contributed by atoms with Crippen molar-refractivity contribution >= 4 is 6.41 Å². The molecule has 1 atom stereocenters. The minimum Gasteiger partial charge on any atom is -0.379 e. The van der Waals surface area contributed by atoms with Gasteiger partial charge < -0.3 is 15.4 Å². The Morgan fingerprint density at radius 2 is 2.07 bits per heavy atom. The van der Waals surface area contributed by atoms with Crippen molar-refractivity contribution in [1.82, 2.24) is 4.90 Å². The van der Waals surface area contributed by atoms with E-state index in [4.69, 9.17) is 10.5 Å². The molecule has 4 nitrogen and oxygen atoms in total. The lowest BCUT2D eigenvalue weighted by molar-refractivity contribution is -0.117. The number of methoxy groups -OCH3 is 1. The lowest BCUT2D eigenvalue weighted by Crippen LogP contribution is -2.21. The van der Waals surface area contributed by atoms with Gasteiger partial charge >= 0.3 is 0 Å². The SMILES string of the molecule is COC(C)(C)C.NCC1CCN(C=O)C1. The van der Waals surface area contributed by atoms with Crippen LogP contribution < -0.4 is 5.73 Å². The molecule has 1 unspecified atom stereocenters. The highest BCUT2D eigenvalue weighted by Gasteiger charge is 2.18. The lowest BCUT2D eigenvalue weighted by Gasteiger charge is -2.14. The van der Waals surface area contributed by atoms with Crippen LogP contribution in [0.5, 0.6) is 0 Å². The third-order valence-corrected chi connectivity index (χ3v) is 2.41. The van der Waals surface area contributed by atoms with Crippen LogP contribution in [0.1, 0.15) is 27.2 Å². The standard InChI is InChI=1S/C6H12N2O.C5H12O/c7-3-6-1-2-8(4-6)5-9;1-5(2,3)6-4/h5-6H,1-4,7H2;1-4H3. The average molecular weight is 216 g/mol. The molecule has 1 amide bonds. The molecule has 2 N–H and O–H groups in total. The van der Waals surface area contributed by atoms with Crippen LogP contribution in [0.25, 0.3) is 0 Å². The highest BCUT2D eigenvalue weighted by molar-refractivity contribution is 5.47. The van der Waals surface area contributed by atoms with Crippen molar-refractivity contribution in [3.8, 4) is 0 Å². The highest BCUT2D eigenvalue weighted by Crippen LogP contribution is 2.11. The first-order valence-corrected chi connectivity index (χ1v) is 5.37. The molecule has 1 aliphatic heterocycles. The summed E-state index contributed by atoms with van der Waals surface area (Å²) in [5, 5.41) is 0. The molecule has 0 aliphatic carbocycles. The molecule has 0 saturated carbocycles. The van der Waals surface area contributed by atoms with Gasteiger partial charge in [-0.25, -0.2) is 0 Å². The number of hydrogen-bond acceptors (Lipinski definition) is 3. The number of amides is 1. The number of nitrogens with zero attached hydrogens (tertiary/aromatic N) is 1. The van der Waals surface area contributed by atoms with Crippen molar-refractivity contribution in [3.05, 3.63) is 0 Å². The Labute approximate surface area is 92.8 Å². The molecule has 1 aliphatic rings. The van der Waals surface area contributed by atoms with Gasteiger partial charge in [0.15, 0.2) is 0 Å². The van der Waals surface area contributed by atoms with Gasteiger partial charge in [-0.15, -0.1) is 0 Å². The Balaban J connectivity index is 0.000000288. The Kier molecular flexibility index (Phi) is 6.52. The summed E-state index contributed by atoms with van der Waals surface area (Å²) in [6.45, 7) is 8.53. The summed E-state index contributed by atoms with van der Waals surface area (Å²) in [5.74, 6) is 0.551. The van der Waals surface area contributed by atoms with Gasteiger partial charge in [-0.3, -0.25) is 4.79 Å². The monoisotopic (exact) mass is 216 g/mol. The van der Waals surface area contributed by atoms with Crippen molar-refractivity contribution in [1.29, 1.82) is 0 Å². The molecular formula is C11H24N2O2. The van der Waals surface area contributed by atoms with E-state index in [-0.39, 0.29) is 5.60 Å². The minimum absolute atomic E-state index is 0.0417. The van der Waals surface area contributed by atoms with Crippen LogP contribution >= 0.6 is 0 Å². The summed E-state index contributed by atoms with van der Waals surface area (Å²) in [4.78, 5) is 11.9. The fourth-order valence-electron chi connectivity index (χ4n) is 1.15. The number of nitrogens with two attached hydrogens (primary N) is 1. The van der Waals surface area contributed by atoms with E-state index in [1.165, 1.54) is 0 Å². The maximum Gasteiger partial charge on any atom is 0.209 e. The van der Waals surface area contributed by atoms with Gasteiger partial charge in [0.25, 0.3) is 0 Å². The number of carbonyl (C=O) groups excluding carboxylic acids is 1. The van der Waals surface area contributed by atoms with Gasteiger partial charge in [0, 0.05) is 20.2 Å². The Bertz CT molecular complexity index is 178. The Morgan fingerprint density at radius 3 is 2.27 bits per heavy atom. The van der Waals surface area contributed by atoms with E-state index in [0.29, 0.717) is 12.5 Å². The van der Waals surface area contributed by atoms with E-state index < -0.39 is 0 Å². The van der Waals surface area contributed by atoms with Crippen LogP contribution in [0.15, 0.2) is 0 Å². The zero-order valence-electron chi connectivity index (χ0n) is 10.3. The molecule has 1 rings (SSSR count). The smallest absolute Gasteiger partial charge is 0.209 e.